The molecule has 1 aliphatic heterocycles. The number of rotatable bonds is 3. The van der Waals surface area contributed by atoms with E-state index in [1.165, 1.54) is 36.8 Å². The fourth-order valence-corrected chi connectivity index (χ4v) is 3.32. The Balaban J connectivity index is 1.62. The summed E-state index contributed by atoms with van der Waals surface area (Å²) in [6.07, 6.45) is 6.82. The molecule has 1 N–H and O–H groups in total. The van der Waals surface area contributed by atoms with E-state index in [-0.39, 0.29) is 6.04 Å². The first kappa shape index (κ1) is 11.9. The van der Waals surface area contributed by atoms with Gasteiger partial charge in [-0.1, -0.05) is 49.9 Å². The number of carbonyl (C=O) groups is 1. The Morgan fingerprint density at radius 1 is 1.17 bits per heavy atom. The molecular formula is C16H21NO. The monoisotopic (exact) mass is 243 g/mol. The molecule has 0 amide bonds. The van der Waals surface area contributed by atoms with Crippen LogP contribution in [0.25, 0.3) is 0 Å². The Morgan fingerprint density at radius 3 is 2.67 bits per heavy atom. The summed E-state index contributed by atoms with van der Waals surface area (Å²) < 4.78 is 0. The van der Waals surface area contributed by atoms with E-state index in [0.29, 0.717) is 11.7 Å². The van der Waals surface area contributed by atoms with Crippen LogP contribution in [0.2, 0.25) is 0 Å². The van der Waals surface area contributed by atoms with Crippen molar-refractivity contribution in [3.8, 4) is 0 Å². The third kappa shape index (κ3) is 2.49. The van der Waals surface area contributed by atoms with Crippen molar-refractivity contribution in [1.82, 2.24) is 5.32 Å². The first-order valence-corrected chi connectivity index (χ1v) is 7.16. The fraction of sp³-hybridized carbons (Fsp3) is 0.562. The van der Waals surface area contributed by atoms with Gasteiger partial charge in [0.2, 0.25) is 0 Å². The number of fused-ring (bicyclic) bond motifs is 1. The molecule has 0 bridgehead atoms. The summed E-state index contributed by atoms with van der Waals surface area (Å²) in [6.45, 7) is 0.844. The molecule has 1 aliphatic carbocycles. The van der Waals surface area contributed by atoms with Gasteiger partial charge >= 0.3 is 0 Å². The van der Waals surface area contributed by atoms with E-state index < -0.39 is 0 Å². The number of ketones is 1. The van der Waals surface area contributed by atoms with E-state index in [9.17, 15) is 4.79 Å². The molecule has 1 unspecified atom stereocenters. The van der Waals surface area contributed by atoms with Crippen LogP contribution in [-0.2, 0) is 17.8 Å². The van der Waals surface area contributed by atoms with Crippen molar-refractivity contribution in [3.05, 3.63) is 35.4 Å². The largest absolute Gasteiger partial charge is 0.303 e. The Morgan fingerprint density at radius 2 is 1.89 bits per heavy atom. The maximum absolute atomic E-state index is 12.3. The van der Waals surface area contributed by atoms with Crippen LogP contribution in [0.5, 0.6) is 0 Å². The predicted octanol–water partition coefficient (Wildman–Crippen LogP) is 2.85. The van der Waals surface area contributed by atoms with Gasteiger partial charge in [-0.05, 0) is 23.5 Å². The normalized spacial score (nSPS) is 23.9. The molecule has 3 rings (SSSR count). The molecule has 96 valence electrons. The van der Waals surface area contributed by atoms with E-state index in [0.717, 1.165) is 19.4 Å². The molecule has 18 heavy (non-hydrogen) atoms. The Kier molecular flexibility index (Phi) is 3.46. The molecular weight excluding hydrogens is 222 g/mol. The lowest BCUT2D eigenvalue weighted by Crippen LogP contribution is -2.42. The Hall–Kier alpha value is -1.15. The van der Waals surface area contributed by atoms with Crippen LogP contribution >= 0.6 is 0 Å². The van der Waals surface area contributed by atoms with Gasteiger partial charge in [0.05, 0.1) is 6.04 Å². The molecule has 2 aliphatic rings. The van der Waals surface area contributed by atoms with Gasteiger partial charge in [0.1, 0.15) is 5.78 Å². The molecule has 1 saturated carbocycles. The lowest BCUT2D eigenvalue weighted by atomic mass is 9.90. The number of benzene rings is 1. The average Bonchev–Trinajstić information content (AvgIpc) is 2.91. The molecule has 0 spiro atoms. The van der Waals surface area contributed by atoms with Gasteiger partial charge in [-0.3, -0.25) is 4.79 Å². The van der Waals surface area contributed by atoms with Crippen LogP contribution in [0.1, 0.15) is 43.2 Å². The molecule has 1 heterocycles. The standard InChI is InChI=1S/C16H21NO/c18-16(9-12-5-1-2-6-12)15-10-13-7-3-4-8-14(13)11-17-15/h3-4,7-8,12,15,17H,1-2,5-6,9-11H2. The van der Waals surface area contributed by atoms with Crippen LogP contribution in [0.15, 0.2) is 24.3 Å². The maximum Gasteiger partial charge on any atom is 0.150 e. The molecule has 0 aromatic heterocycles. The summed E-state index contributed by atoms with van der Waals surface area (Å²) in [6, 6.07) is 8.51. The lowest BCUT2D eigenvalue weighted by Gasteiger charge is -2.26. The summed E-state index contributed by atoms with van der Waals surface area (Å²) in [5.41, 5.74) is 2.70. The minimum atomic E-state index is 0.0560. The fourth-order valence-electron chi connectivity index (χ4n) is 3.32. The zero-order valence-electron chi connectivity index (χ0n) is 10.8. The number of carbonyl (C=O) groups excluding carboxylic acids is 1. The van der Waals surface area contributed by atoms with Crippen molar-refractivity contribution in [2.24, 2.45) is 5.92 Å². The molecule has 1 aromatic carbocycles. The van der Waals surface area contributed by atoms with Crippen molar-refractivity contribution in [1.29, 1.82) is 0 Å². The average molecular weight is 243 g/mol. The lowest BCUT2D eigenvalue weighted by molar-refractivity contribution is -0.122. The highest BCUT2D eigenvalue weighted by Gasteiger charge is 2.26. The number of Topliss-reactive ketones (excluding diaryl/α,β-unsaturated/α-hetero) is 1. The summed E-state index contributed by atoms with van der Waals surface area (Å²) in [4.78, 5) is 12.3. The highest BCUT2D eigenvalue weighted by molar-refractivity contribution is 5.84. The first-order valence-electron chi connectivity index (χ1n) is 7.16. The van der Waals surface area contributed by atoms with Crippen molar-refractivity contribution < 1.29 is 4.79 Å². The number of hydrogen-bond donors (Lipinski definition) is 1. The van der Waals surface area contributed by atoms with Crippen molar-refractivity contribution in [2.45, 2.75) is 51.1 Å². The molecule has 0 saturated heterocycles. The van der Waals surface area contributed by atoms with Crippen LogP contribution in [0.4, 0.5) is 0 Å². The summed E-state index contributed by atoms with van der Waals surface area (Å²) in [5.74, 6) is 1.09. The van der Waals surface area contributed by atoms with Crippen molar-refractivity contribution in [3.63, 3.8) is 0 Å². The number of nitrogens with one attached hydrogen (secondary N) is 1. The summed E-state index contributed by atoms with van der Waals surface area (Å²) >= 11 is 0. The van der Waals surface area contributed by atoms with E-state index in [1.54, 1.807) is 0 Å². The van der Waals surface area contributed by atoms with Gasteiger partial charge in [0.25, 0.3) is 0 Å². The van der Waals surface area contributed by atoms with E-state index >= 15 is 0 Å². The third-order valence-electron chi connectivity index (χ3n) is 4.43. The van der Waals surface area contributed by atoms with Gasteiger partial charge in [0.15, 0.2) is 0 Å². The van der Waals surface area contributed by atoms with Crippen LogP contribution in [0.3, 0.4) is 0 Å². The second kappa shape index (κ2) is 5.23. The smallest absolute Gasteiger partial charge is 0.150 e. The van der Waals surface area contributed by atoms with Gasteiger partial charge in [-0.2, -0.15) is 0 Å². The summed E-state index contributed by atoms with van der Waals surface area (Å²) in [5, 5.41) is 3.40. The third-order valence-corrected chi connectivity index (χ3v) is 4.43. The highest BCUT2D eigenvalue weighted by Crippen LogP contribution is 2.28. The molecule has 0 radical (unpaired) electrons. The number of hydrogen-bond acceptors (Lipinski definition) is 2. The topological polar surface area (TPSA) is 29.1 Å². The van der Waals surface area contributed by atoms with E-state index in [2.05, 4.69) is 29.6 Å². The zero-order chi connectivity index (χ0) is 12.4. The quantitative estimate of drug-likeness (QED) is 0.884. The van der Waals surface area contributed by atoms with Gasteiger partial charge in [-0.15, -0.1) is 0 Å². The first-order chi connectivity index (χ1) is 8.83. The van der Waals surface area contributed by atoms with E-state index in [4.69, 9.17) is 0 Å². The maximum atomic E-state index is 12.3. The van der Waals surface area contributed by atoms with Gasteiger partial charge in [0, 0.05) is 13.0 Å². The van der Waals surface area contributed by atoms with Crippen molar-refractivity contribution in [2.75, 3.05) is 0 Å². The molecule has 1 atom stereocenters. The van der Waals surface area contributed by atoms with Crippen LogP contribution in [0, 0.1) is 5.92 Å². The van der Waals surface area contributed by atoms with Crippen LogP contribution < -0.4 is 5.32 Å². The second-order valence-electron chi connectivity index (χ2n) is 5.73. The SMILES string of the molecule is O=C(CC1CCCC1)C1Cc2ccccc2CN1. The highest BCUT2D eigenvalue weighted by atomic mass is 16.1. The molecule has 1 aromatic rings. The molecule has 1 fully saturated rings. The molecule has 2 nitrogen and oxygen atoms in total. The van der Waals surface area contributed by atoms with Gasteiger partial charge < -0.3 is 5.32 Å². The molecule has 2 heteroatoms. The minimum absolute atomic E-state index is 0.0560. The van der Waals surface area contributed by atoms with Gasteiger partial charge in [-0.25, -0.2) is 0 Å². The van der Waals surface area contributed by atoms with Crippen molar-refractivity contribution >= 4 is 5.78 Å². The van der Waals surface area contributed by atoms with Crippen LogP contribution in [-0.4, -0.2) is 11.8 Å². The Labute approximate surface area is 109 Å². The second-order valence-corrected chi connectivity index (χ2v) is 5.73. The Bertz CT molecular complexity index is 434. The van der Waals surface area contributed by atoms with E-state index in [1.807, 2.05) is 0 Å². The zero-order valence-corrected chi connectivity index (χ0v) is 10.8. The summed E-state index contributed by atoms with van der Waals surface area (Å²) in [7, 11) is 0. The predicted molar refractivity (Wildman–Crippen MR) is 72.4 cm³/mol. The minimum Gasteiger partial charge on any atom is -0.303 e.